The second kappa shape index (κ2) is 10.8. The van der Waals surface area contributed by atoms with Crippen molar-refractivity contribution in [3.8, 4) is 11.5 Å². The molecule has 3 aromatic carbocycles. The topological polar surface area (TPSA) is 72.0 Å². The molecule has 1 heterocycles. The molecule has 0 bridgehead atoms. The molecule has 0 aliphatic carbocycles. The number of halogens is 2. The molecule has 0 aromatic heterocycles. The van der Waals surface area contributed by atoms with Crippen molar-refractivity contribution in [2.75, 3.05) is 26.1 Å². The fraction of sp³-hybridized carbons (Fsp3) is 0.231. The summed E-state index contributed by atoms with van der Waals surface area (Å²) in [5.41, 5.74) is 5.98. The normalized spacial score (nSPS) is 12.4. The van der Waals surface area contributed by atoms with Crippen LogP contribution in [0.2, 0.25) is 10.0 Å². The Hall–Kier alpha value is -3.22. The number of benzene rings is 3. The van der Waals surface area contributed by atoms with Crippen LogP contribution in [0.15, 0.2) is 59.6 Å². The van der Waals surface area contributed by atoms with Gasteiger partial charge in [-0.3, -0.25) is 4.99 Å². The van der Waals surface area contributed by atoms with Crippen molar-refractivity contribution in [2.24, 2.45) is 4.99 Å². The lowest BCUT2D eigenvalue weighted by Crippen LogP contribution is -2.28. The number of rotatable bonds is 7. The van der Waals surface area contributed by atoms with Crippen LogP contribution in [-0.4, -0.2) is 32.5 Å². The van der Waals surface area contributed by atoms with Gasteiger partial charge in [0, 0.05) is 36.5 Å². The molecule has 1 aliphatic heterocycles. The Labute approximate surface area is 208 Å². The monoisotopic (exact) mass is 497 g/mol. The molecule has 6 nitrogen and oxygen atoms in total. The first kappa shape index (κ1) is 23.9. The number of carbonyl (C=O) groups excluding carboxylic acids is 1. The van der Waals surface area contributed by atoms with E-state index in [9.17, 15) is 4.79 Å². The van der Waals surface area contributed by atoms with E-state index < -0.39 is 0 Å². The van der Waals surface area contributed by atoms with E-state index in [1.54, 1.807) is 26.4 Å². The van der Waals surface area contributed by atoms with Gasteiger partial charge in [0.2, 0.25) is 0 Å². The minimum Gasteiger partial charge on any atom is -0.493 e. The highest BCUT2D eigenvalue weighted by Gasteiger charge is 2.18. The van der Waals surface area contributed by atoms with E-state index >= 15 is 0 Å². The number of methoxy groups -OCH3 is 2. The van der Waals surface area contributed by atoms with E-state index in [0.29, 0.717) is 34.4 Å². The summed E-state index contributed by atoms with van der Waals surface area (Å²) < 4.78 is 10.9. The number of nitrogens with zero attached hydrogens (tertiary/aromatic N) is 1. The van der Waals surface area contributed by atoms with Gasteiger partial charge >= 0.3 is 6.03 Å². The summed E-state index contributed by atoms with van der Waals surface area (Å²) in [6.45, 7) is 1.09. The van der Waals surface area contributed by atoms with Gasteiger partial charge in [-0.15, -0.1) is 0 Å². The fourth-order valence-corrected chi connectivity index (χ4v) is 4.17. The highest BCUT2D eigenvalue weighted by Crippen LogP contribution is 2.33. The maximum Gasteiger partial charge on any atom is 0.319 e. The third-order valence-electron chi connectivity index (χ3n) is 5.62. The summed E-state index contributed by atoms with van der Waals surface area (Å²) >= 11 is 11.9. The van der Waals surface area contributed by atoms with Gasteiger partial charge in [0.25, 0.3) is 0 Å². The molecule has 2 N–H and O–H groups in total. The van der Waals surface area contributed by atoms with Crippen LogP contribution in [0.1, 0.15) is 22.3 Å². The highest BCUT2D eigenvalue weighted by atomic mass is 35.5. The minimum absolute atomic E-state index is 0.301. The van der Waals surface area contributed by atoms with Gasteiger partial charge in [-0.25, -0.2) is 4.79 Å². The number of aliphatic imine (C=N–C) groups is 1. The predicted molar refractivity (Wildman–Crippen MR) is 137 cm³/mol. The quantitative estimate of drug-likeness (QED) is 0.425. The number of nitrogens with one attached hydrogen (secondary N) is 2. The van der Waals surface area contributed by atoms with E-state index in [2.05, 4.69) is 10.6 Å². The molecule has 4 rings (SSSR count). The van der Waals surface area contributed by atoms with Crippen LogP contribution >= 0.6 is 23.2 Å². The summed E-state index contributed by atoms with van der Waals surface area (Å²) in [5, 5.41) is 6.60. The van der Waals surface area contributed by atoms with Crippen molar-refractivity contribution in [2.45, 2.75) is 19.4 Å². The van der Waals surface area contributed by atoms with E-state index in [4.69, 9.17) is 37.7 Å². The molecule has 34 heavy (non-hydrogen) atoms. The summed E-state index contributed by atoms with van der Waals surface area (Å²) in [5.74, 6) is 1.43. The first-order valence-corrected chi connectivity index (χ1v) is 11.6. The second-order valence-electron chi connectivity index (χ2n) is 7.87. The molecule has 1 aliphatic rings. The van der Waals surface area contributed by atoms with Crippen LogP contribution < -0.4 is 20.1 Å². The number of hydrogen-bond donors (Lipinski definition) is 2. The van der Waals surface area contributed by atoms with Crippen molar-refractivity contribution in [1.82, 2.24) is 5.32 Å². The van der Waals surface area contributed by atoms with Gasteiger partial charge in [-0.05, 0) is 59.5 Å². The minimum atomic E-state index is -0.301. The Kier molecular flexibility index (Phi) is 7.60. The lowest BCUT2D eigenvalue weighted by molar-refractivity contribution is 0.251. The SMILES string of the molecule is COc1cc2c(cc1OC)C(Cc1ccc(NC(=O)NCc3ccc(Cl)c(Cl)c3)cc1)=NCC2. The zero-order valence-electron chi connectivity index (χ0n) is 19.0. The highest BCUT2D eigenvalue weighted by molar-refractivity contribution is 6.42. The molecule has 0 spiro atoms. The van der Waals surface area contributed by atoms with Crippen LogP contribution in [0.3, 0.4) is 0 Å². The van der Waals surface area contributed by atoms with Gasteiger partial charge in [-0.2, -0.15) is 0 Å². The van der Waals surface area contributed by atoms with Crippen molar-refractivity contribution in [1.29, 1.82) is 0 Å². The zero-order valence-corrected chi connectivity index (χ0v) is 20.5. The van der Waals surface area contributed by atoms with Crippen molar-refractivity contribution < 1.29 is 14.3 Å². The van der Waals surface area contributed by atoms with Crippen LogP contribution in [0.5, 0.6) is 11.5 Å². The van der Waals surface area contributed by atoms with E-state index in [0.717, 1.165) is 41.1 Å². The standard InChI is InChI=1S/C26H25Cl2N3O3/c1-33-24-13-18-9-10-29-23(20(18)14-25(24)34-2)12-16-3-6-19(7-4-16)31-26(32)30-15-17-5-8-21(27)22(28)11-17/h3-8,11,13-14H,9-10,12,15H2,1-2H3,(H2,30,31,32). The van der Waals surface area contributed by atoms with Crippen molar-refractivity contribution in [3.05, 3.63) is 86.9 Å². The molecule has 0 unspecified atom stereocenters. The van der Waals surface area contributed by atoms with Crippen LogP contribution in [0, 0.1) is 0 Å². The lowest BCUT2D eigenvalue weighted by Gasteiger charge is -2.20. The molecule has 176 valence electrons. The number of hydrogen-bond acceptors (Lipinski definition) is 4. The summed E-state index contributed by atoms with van der Waals surface area (Å²) in [6, 6.07) is 16.7. The number of urea groups is 1. The van der Waals surface area contributed by atoms with Gasteiger partial charge < -0.3 is 20.1 Å². The van der Waals surface area contributed by atoms with Gasteiger partial charge in [-0.1, -0.05) is 41.4 Å². The molecule has 0 saturated heterocycles. The van der Waals surface area contributed by atoms with Crippen LogP contribution in [0.25, 0.3) is 0 Å². The molecular weight excluding hydrogens is 473 g/mol. The average molecular weight is 498 g/mol. The number of anilines is 1. The number of carbonyl (C=O) groups is 1. The molecule has 0 radical (unpaired) electrons. The molecule has 3 aromatic rings. The fourth-order valence-electron chi connectivity index (χ4n) is 3.85. The largest absolute Gasteiger partial charge is 0.493 e. The first-order valence-electron chi connectivity index (χ1n) is 10.8. The van der Waals surface area contributed by atoms with E-state index in [1.807, 2.05) is 42.5 Å². The lowest BCUT2D eigenvalue weighted by atomic mass is 9.93. The molecule has 0 fully saturated rings. The molecule has 2 amide bonds. The summed E-state index contributed by atoms with van der Waals surface area (Å²) in [6.07, 6.45) is 1.56. The average Bonchev–Trinajstić information content (AvgIpc) is 2.85. The van der Waals surface area contributed by atoms with Gasteiger partial charge in [0.05, 0.1) is 24.3 Å². The molecule has 0 atom stereocenters. The Bertz CT molecular complexity index is 1230. The second-order valence-corrected chi connectivity index (χ2v) is 8.69. The molecular formula is C26H25Cl2N3O3. The smallest absolute Gasteiger partial charge is 0.319 e. The number of ether oxygens (including phenoxy) is 2. The third-order valence-corrected chi connectivity index (χ3v) is 6.36. The zero-order chi connectivity index (χ0) is 24.1. The maximum absolute atomic E-state index is 12.3. The number of amides is 2. The molecule has 8 heteroatoms. The van der Waals surface area contributed by atoms with Crippen molar-refractivity contribution >= 4 is 40.6 Å². The van der Waals surface area contributed by atoms with Crippen LogP contribution in [-0.2, 0) is 19.4 Å². The Balaban J connectivity index is 1.37. The molecule has 0 saturated carbocycles. The Morgan fingerprint density at radius 2 is 1.65 bits per heavy atom. The first-order chi connectivity index (χ1) is 16.5. The van der Waals surface area contributed by atoms with E-state index in [-0.39, 0.29) is 6.03 Å². The van der Waals surface area contributed by atoms with Gasteiger partial charge in [0.15, 0.2) is 11.5 Å². The van der Waals surface area contributed by atoms with Crippen LogP contribution in [0.4, 0.5) is 10.5 Å². The van der Waals surface area contributed by atoms with Crippen molar-refractivity contribution in [3.63, 3.8) is 0 Å². The van der Waals surface area contributed by atoms with E-state index in [1.165, 1.54) is 5.56 Å². The summed E-state index contributed by atoms with van der Waals surface area (Å²) in [4.78, 5) is 17.0. The Morgan fingerprint density at radius 3 is 2.35 bits per heavy atom. The Morgan fingerprint density at radius 1 is 0.941 bits per heavy atom. The predicted octanol–water partition coefficient (Wildman–Crippen LogP) is 5.92. The third kappa shape index (κ3) is 5.64. The summed E-state index contributed by atoms with van der Waals surface area (Å²) in [7, 11) is 3.28. The maximum atomic E-state index is 12.3. The number of fused-ring (bicyclic) bond motifs is 1. The van der Waals surface area contributed by atoms with Gasteiger partial charge in [0.1, 0.15) is 0 Å².